The zero-order chi connectivity index (χ0) is 19.2. The van der Waals surface area contributed by atoms with Crippen molar-refractivity contribution in [1.82, 2.24) is 15.3 Å². The smallest absolute Gasteiger partial charge is 0.270 e. The average Bonchev–Trinajstić information content (AvgIpc) is 2.67. The van der Waals surface area contributed by atoms with Crippen molar-refractivity contribution in [3.05, 3.63) is 82.8 Å². The van der Waals surface area contributed by atoms with Gasteiger partial charge in [0.05, 0.1) is 0 Å². The largest absolute Gasteiger partial charge is 0.347 e. The average molecular weight is 381 g/mol. The molecule has 0 aliphatic carbocycles. The maximum absolute atomic E-state index is 12.4. The first-order valence-electron chi connectivity index (χ1n) is 8.24. The summed E-state index contributed by atoms with van der Waals surface area (Å²) in [4.78, 5) is 32.0. The van der Waals surface area contributed by atoms with Crippen molar-refractivity contribution in [3.63, 3.8) is 0 Å². The van der Waals surface area contributed by atoms with Gasteiger partial charge in [0.15, 0.2) is 5.78 Å². The second-order valence-electron chi connectivity index (χ2n) is 5.82. The van der Waals surface area contributed by atoms with Gasteiger partial charge in [-0.25, -0.2) is 9.97 Å². The zero-order valence-electron chi connectivity index (χ0n) is 14.6. The molecule has 6 nitrogen and oxygen atoms in total. The molecule has 0 saturated heterocycles. The fourth-order valence-electron chi connectivity index (χ4n) is 2.42. The molecule has 0 aliphatic heterocycles. The lowest BCUT2D eigenvalue weighted by Crippen LogP contribution is -2.24. The molecule has 0 saturated carbocycles. The van der Waals surface area contributed by atoms with E-state index in [1.54, 1.807) is 30.3 Å². The lowest BCUT2D eigenvalue weighted by molar-refractivity contribution is 0.0945. The number of nitrogens with one attached hydrogen (secondary N) is 2. The molecular formula is C20H17ClN4O2. The van der Waals surface area contributed by atoms with E-state index >= 15 is 0 Å². The van der Waals surface area contributed by atoms with Crippen molar-refractivity contribution >= 4 is 34.8 Å². The van der Waals surface area contributed by atoms with E-state index in [0.29, 0.717) is 28.6 Å². The van der Waals surface area contributed by atoms with Crippen LogP contribution in [-0.4, -0.2) is 21.7 Å². The van der Waals surface area contributed by atoms with E-state index in [4.69, 9.17) is 11.6 Å². The van der Waals surface area contributed by atoms with Gasteiger partial charge in [0.25, 0.3) is 5.91 Å². The van der Waals surface area contributed by atoms with Crippen LogP contribution in [0.1, 0.15) is 33.3 Å². The molecule has 1 aromatic heterocycles. The molecule has 0 bridgehead atoms. The van der Waals surface area contributed by atoms with E-state index in [-0.39, 0.29) is 17.4 Å². The van der Waals surface area contributed by atoms with E-state index < -0.39 is 0 Å². The van der Waals surface area contributed by atoms with Crippen LogP contribution in [-0.2, 0) is 6.54 Å². The zero-order valence-corrected chi connectivity index (χ0v) is 15.3. The molecule has 0 radical (unpaired) electrons. The highest BCUT2D eigenvalue weighted by Gasteiger charge is 2.10. The number of hydrogen-bond donors (Lipinski definition) is 2. The molecule has 0 fully saturated rings. The van der Waals surface area contributed by atoms with Crippen molar-refractivity contribution in [2.45, 2.75) is 13.5 Å². The van der Waals surface area contributed by atoms with Gasteiger partial charge in [-0.05, 0) is 30.7 Å². The number of carbonyl (C=O) groups is 2. The molecule has 0 unspecified atom stereocenters. The summed E-state index contributed by atoms with van der Waals surface area (Å²) in [5.74, 6) is 0.0902. The Labute approximate surface area is 161 Å². The van der Waals surface area contributed by atoms with Crippen molar-refractivity contribution in [1.29, 1.82) is 0 Å². The Morgan fingerprint density at radius 1 is 1.04 bits per heavy atom. The third-order valence-electron chi connectivity index (χ3n) is 3.84. The van der Waals surface area contributed by atoms with Crippen LogP contribution in [0.15, 0.2) is 60.9 Å². The molecule has 7 heteroatoms. The maximum atomic E-state index is 12.4. The summed E-state index contributed by atoms with van der Waals surface area (Å²) in [7, 11) is 0. The lowest BCUT2D eigenvalue weighted by Gasteiger charge is -2.09. The van der Waals surface area contributed by atoms with Gasteiger partial charge in [-0.2, -0.15) is 0 Å². The second kappa shape index (κ2) is 8.42. The molecule has 27 heavy (non-hydrogen) atoms. The molecule has 3 aromatic rings. The normalized spacial score (nSPS) is 10.3. The second-order valence-corrected chi connectivity index (χ2v) is 6.23. The lowest BCUT2D eigenvalue weighted by atomic mass is 10.1. The highest BCUT2D eigenvalue weighted by molar-refractivity contribution is 6.31. The summed E-state index contributed by atoms with van der Waals surface area (Å²) < 4.78 is 0. The van der Waals surface area contributed by atoms with Crippen molar-refractivity contribution in [3.8, 4) is 0 Å². The van der Waals surface area contributed by atoms with Crippen LogP contribution in [0.2, 0.25) is 5.02 Å². The van der Waals surface area contributed by atoms with Gasteiger partial charge < -0.3 is 10.6 Å². The highest BCUT2D eigenvalue weighted by Crippen LogP contribution is 2.17. The van der Waals surface area contributed by atoms with Crippen LogP contribution < -0.4 is 10.6 Å². The fraction of sp³-hybridized carbons (Fsp3) is 0.100. The first kappa shape index (κ1) is 18.5. The molecule has 1 amide bonds. The summed E-state index contributed by atoms with van der Waals surface area (Å²) in [5.41, 5.74) is 2.33. The molecule has 136 valence electrons. The summed E-state index contributed by atoms with van der Waals surface area (Å²) in [6.07, 6.45) is 1.31. The third kappa shape index (κ3) is 4.89. The van der Waals surface area contributed by atoms with Gasteiger partial charge in [0, 0.05) is 28.9 Å². The molecule has 3 rings (SSSR count). The number of Topliss-reactive ketones (excluding diaryl/α,β-unsaturated/α-hetero) is 1. The van der Waals surface area contributed by atoms with E-state index in [1.807, 2.05) is 24.3 Å². The Balaban J connectivity index is 1.69. The summed E-state index contributed by atoms with van der Waals surface area (Å²) in [6, 6.07) is 15.9. The van der Waals surface area contributed by atoms with Crippen molar-refractivity contribution in [2.75, 3.05) is 5.32 Å². The minimum atomic E-state index is -0.335. The number of ketones is 1. The number of aromatic nitrogens is 2. The van der Waals surface area contributed by atoms with Crippen molar-refractivity contribution in [2.24, 2.45) is 0 Å². The van der Waals surface area contributed by atoms with Gasteiger partial charge in [0.2, 0.25) is 0 Å². The summed E-state index contributed by atoms with van der Waals surface area (Å²) in [6.45, 7) is 1.80. The molecule has 0 atom stereocenters. The number of hydrogen-bond acceptors (Lipinski definition) is 5. The van der Waals surface area contributed by atoms with Gasteiger partial charge in [0.1, 0.15) is 17.8 Å². The predicted molar refractivity (Wildman–Crippen MR) is 104 cm³/mol. The van der Waals surface area contributed by atoms with E-state index in [2.05, 4.69) is 20.6 Å². The molecule has 0 spiro atoms. The minimum absolute atomic E-state index is 0.0269. The maximum Gasteiger partial charge on any atom is 0.270 e. The van der Waals surface area contributed by atoms with Gasteiger partial charge in [-0.3, -0.25) is 9.59 Å². The number of nitrogens with zero attached hydrogens (tertiary/aromatic N) is 2. The highest BCUT2D eigenvalue weighted by atomic mass is 35.5. The Hall–Kier alpha value is -3.25. The van der Waals surface area contributed by atoms with Crippen LogP contribution in [0.3, 0.4) is 0 Å². The Kier molecular flexibility index (Phi) is 5.78. The molecular weight excluding hydrogens is 364 g/mol. The minimum Gasteiger partial charge on any atom is -0.347 e. The summed E-state index contributed by atoms with van der Waals surface area (Å²) in [5, 5.41) is 6.45. The fourth-order valence-corrected chi connectivity index (χ4v) is 2.62. The first-order chi connectivity index (χ1) is 13.0. The number of halogens is 1. The number of carbonyl (C=O) groups excluding carboxylic acids is 2. The van der Waals surface area contributed by atoms with E-state index in [0.717, 1.165) is 5.56 Å². The van der Waals surface area contributed by atoms with Crippen LogP contribution in [0.25, 0.3) is 0 Å². The Morgan fingerprint density at radius 2 is 1.85 bits per heavy atom. The van der Waals surface area contributed by atoms with Gasteiger partial charge in [-0.15, -0.1) is 0 Å². The Bertz CT molecular complexity index is 991. The summed E-state index contributed by atoms with van der Waals surface area (Å²) >= 11 is 6.09. The first-order valence-corrected chi connectivity index (χ1v) is 8.62. The predicted octanol–water partition coefficient (Wildman–Crippen LogP) is 4.01. The number of benzene rings is 2. The molecule has 0 aliphatic rings. The number of anilines is 2. The molecule has 2 N–H and O–H groups in total. The van der Waals surface area contributed by atoms with Crippen molar-refractivity contribution < 1.29 is 9.59 Å². The number of amides is 1. The van der Waals surface area contributed by atoms with Gasteiger partial charge >= 0.3 is 0 Å². The SMILES string of the molecule is CC(=O)c1cccc(Nc2cc(C(=O)NCc3ccccc3Cl)ncn2)c1. The third-order valence-corrected chi connectivity index (χ3v) is 4.21. The van der Waals surface area contributed by atoms with Crippen LogP contribution in [0, 0.1) is 0 Å². The molecule has 1 heterocycles. The van der Waals surface area contributed by atoms with Crippen LogP contribution in [0.5, 0.6) is 0 Å². The van der Waals surface area contributed by atoms with E-state index in [9.17, 15) is 9.59 Å². The Morgan fingerprint density at radius 3 is 2.63 bits per heavy atom. The quantitative estimate of drug-likeness (QED) is 0.631. The van der Waals surface area contributed by atoms with Crippen LogP contribution in [0.4, 0.5) is 11.5 Å². The topological polar surface area (TPSA) is 84.0 Å². The van der Waals surface area contributed by atoms with Gasteiger partial charge in [-0.1, -0.05) is 41.9 Å². The standard InChI is InChI=1S/C20H17ClN4O2/c1-13(26)14-6-4-7-16(9-14)25-19-10-18(23-12-24-19)20(27)22-11-15-5-2-3-8-17(15)21/h2-10,12H,11H2,1H3,(H,22,27)(H,23,24,25). The monoisotopic (exact) mass is 380 g/mol. The molecule has 2 aromatic carbocycles. The van der Waals surface area contributed by atoms with Crippen LogP contribution >= 0.6 is 11.6 Å². The van der Waals surface area contributed by atoms with E-state index in [1.165, 1.54) is 13.3 Å². The number of rotatable bonds is 6.